The maximum absolute atomic E-state index is 14.7. The normalized spacial score (nSPS) is 36.2. The van der Waals surface area contributed by atoms with Gasteiger partial charge in [-0.3, -0.25) is 14.4 Å². The Hall–Kier alpha value is -4.35. The number of carbonyl (C=O) groups is 5. The van der Waals surface area contributed by atoms with Gasteiger partial charge in [0.2, 0.25) is 0 Å². The average Bonchev–Trinajstić information content (AvgIpc) is 3.05. The number of rotatable bonds is 7. The lowest BCUT2D eigenvalue weighted by molar-refractivity contribution is -0.313. The van der Waals surface area contributed by atoms with Crippen molar-refractivity contribution in [1.82, 2.24) is 0 Å². The van der Waals surface area contributed by atoms with E-state index in [-0.39, 0.29) is 24.0 Å². The van der Waals surface area contributed by atoms with Crippen molar-refractivity contribution >= 4 is 29.7 Å². The lowest BCUT2D eigenvalue weighted by Crippen LogP contribution is -2.80. The van der Waals surface area contributed by atoms with Gasteiger partial charge < -0.3 is 29.2 Å². The van der Waals surface area contributed by atoms with Gasteiger partial charge in [0, 0.05) is 37.0 Å². The molecule has 3 fully saturated rings. The van der Waals surface area contributed by atoms with Gasteiger partial charge in [-0.15, -0.1) is 6.58 Å². The number of allylic oxidation sites excluding steroid dienone is 1. The summed E-state index contributed by atoms with van der Waals surface area (Å²) in [6, 6.07) is 16.2. The number of Topliss-reactive ketones (excluding diaryl/α,β-unsaturated/α-hetero) is 1. The number of hydrogen-bond donors (Lipinski definition) is 2. The molecule has 0 aromatic heterocycles. The molecular weight excluding hydrogens is 632 g/mol. The molecule has 3 saturated carbocycles. The van der Waals surface area contributed by atoms with E-state index in [1.807, 2.05) is 0 Å². The molecule has 2 aromatic rings. The fourth-order valence-electron chi connectivity index (χ4n) is 9.00. The first-order valence-electron chi connectivity index (χ1n) is 16.4. The molecule has 11 heteroatoms. The second kappa shape index (κ2) is 12.8. The van der Waals surface area contributed by atoms with Crippen LogP contribution in [0.25, 0.3) is 0 Å². The Bertz CT molecular complexity index is 1640. The summed E-state index contributed by atoms with van der Waals surface area (Å²) in [5, 5.41) is 25.1. The van der Waals surface area contributed by atoms with Crippen molar-refractivity contribution in [2.24, 2.45) is 28.1 Å². The first-order chi connectivity index (χ1) is 22.9. The molecule has 0 aliphatic heterocycles. The van der Waals surface area contributed by atoms with Gasteiger partial charge in [0.05, 0.1) is 16.5 Å². The summed E-state index contributed by atoms with van der Waals surface area (Å²) in [6.07, 6.45) is -6.03. The Kier molecular flexibility index (Phi) is 9.42. The molecule has 0 heterocycles. The fourth-order valence-corrected chi connectivity index (χ4v) is 9.00. The topological polar surface area (TPSA) is 163 Å². The highest BCUT2D eigenvalue weighted by atomic mass is 16.6. The molecule has 11 nitrogen and oxygen atoms in total. The number of esters is 4. The van der Waals surface area contributed by atoms with Gasteiger partial charge in [0.25, 0.3) is 0 Å². The van der Waals surface area contributed by atoms with Crippen LogP contribution in [0.2, 0.25) is 0 Å². The second-order valence-corrected chi connectivity index (χ2v) is 14.6. The molecule has 262 valence electrons. The maximum atomic E-state index is 14.7. The van der Waals surface area contributed by atoms with E-state index in [9.17, 15) is 34.2 Å². The summed E-state index contributed by atoms with van der Waals surface area (Å²) in [7, 11) is 0. The van der Waals surface area contributed by atoms with Crippen molar-refractivity contribution in [3.05, 3.63) is 84.4 Å². The third kappa shape index (κ3) is 5.86. The van der Waals surface area contributed by atoms with Crippen LogP contribution in [0.15, 0.2) is 73.3 Å². The number of ketones is 1. The van der Waals surface area contributed by atoms with E-state index in [0.717, 1.165) is 6.92 Å². The number of aliphatic hydroxyl groups is 2. The van der Waals surface area contributed by atoms with E-state index in [0.29, 0.717) is 0 Å². The van der Waals surface area contributed by atoms with Crippen LogP contribution in [-0.4, -0.2) is 76.0 Å². The Labute approximate surface area is 285 Å². The summed E-state index contributed by atoms with van der Waals surface area (Å²) in [6.45, 7) is 12.9. The minimum atomic E-state index is -2.51. The quantitative estimate of drug-likeness (QED) is 0.245. The molecule has 49 heavy (non-hydrogen) atoms. The predicted octanol–water partition coefficient (Wildman–Crippen LogP) is 4.24. The number of fused-ring (bicyclic) bond motifs is 3. The molecule has 10 atom stereocenters. The zero-order valence-electron chi connectivity index (χ0n) is 28.6. The summed E-state index contributed by atoms with van der Waals surface area (Å²) < 4.78 is 23.8. The van der Waals surface area contributed by atoms with Crippen LogP contribution in [0.4, 0.5) is 0 Å². The monoisotopic (exact) mass is 676 g/mol. The van der Waals surface area contributed by atoms with Crippen LogP contribution in [-0.2, 0) is 33.3 Å². The van der Waals surface area contributed by atoms with Crippen molar-refractivity contribution in [2.75, 3.05) is 0 Å². The van der Waals surface area contributed by atoms with Crippen LogP contribution in [0, 0.1) is 28.1 Å². The number of aliphatic hydroxyl groups excluding tert-OH is 1. The van der Waals surface area contributed by atoms with E-state index in [2.05, 4.69) is 6.58 Å². The van der Waals surface area contributed by atoms with Crippen LogP contribution in [0.1, 0.15) is 75.1 Å². The molecule has 2 aromatic carbocycles. The lowest BCUT2D eigenvalue weighted by Gasteiger charge is -2.69. The summed E-state index contributed by atoms with van der Waals surface area (Å²) in [5.41, 5.74) is -6.28. The van der Waals surface area contributed by atoms with E-state index in [1.54, 1.807) is 76.2 Å². The van der Waals surface area contributed by atoms with Gasteiger partial charge in [-0.25, -0.2) is 9.59 Å². The number of hydrogen-bond acceptors (Lipinski definition) is 11. The first kappa shape index (κ1) is 35.9. The van der Waals surface area contributed by atoms with E-state index in [4.69, 9.17) is 18.9 Å². The largest absolute Gasteiger partial charge is 0.459 e. The lowest BCUT2D eigenvalue weighted by atomic mass is 9.38. The van der Waals surface area contributed by atoms with Crippen molar-refractivity contribution < 1.29 is 53.1 Å². The van der Waals surface area contributed by atoms with Crippen molar-refractivity contribution in [3.8, 4) is 0 Å². The SMILES string of the molecule is C=C[C@@]1(C)C[C@@H](OC(=O)c2ccccc2)[C@H]2[C@](O)(C1=O)[C@H](OC(C)=O)C[C@H]1C(C)(C)[C@H](OC(C)=O)[C@@H](O)[C@H](OC(=O)c3ccccc3)[C@@]12C. The highest BCUT2D eigenvalue weighted by Gasteiger charge is 2.78. The van der Waals surface area contributed by atoms with E-state index < -0.39 is 93.9 Å². The Morgan fingerprint density at radius 2 is 1.31 bits per heavy atom. The van der Waals surface area contributed by atoms with Gasteiger partial charge in [-0.2, -0.15) is 0 Å². The van der Waals surface area contributed by atoms with Crippen LogP contribution in [0.3, 0.4) is 0 Å². The summed E-state index contributed by atoms with van der Waals surface area (Å²) >= 11 is 0. The van der Waals surface area contributed by atoms with Crippen molar-refractivity contribution in [3.63, 3.8) is 0 Å². The van der Waals surface area contributed by atoms with Crippen LogP contribution >= 0.6 is 0 Å². The number of carbonyl (C=O) groups excluding carboxylic acids is 5. The molecule has 0 saturated heterocycles. The number of benzene rings is 2. The Morgan fingerprint density at radius 3 is 1.80 bits per heavy atom. The number of ether oxygens (including phenoxy) is 4. The zero-order chi connectivity index (χ0) is 36.1. The molecule has 0 bridgehead atoms. The molecule has 0 radical (unpaired) electrons. The maximum Gasteiger partial charge on any atom is 0.338 e. The molecule has 3 aliphatic rings. The van der Waals surface area contributed by atoms with Crippen molar-refractivity contribution in [2.45, 2.75) is 90.5 Å². The standard InChI is InChI=1S/C38H44O11/c1-8-36(6)20-25(48-32(42)23-15-11-9-12-16-23)29-37(7)26(19-27(46-21(2)39)38(29,45)34(36)44)35(4,5)30(47-22(3)40)28(41)31(37)49-33(43)24-17-13-10-14-18-24/h8-18,25-31,41,45H,1,19-20H2,2-7H3/t25-,26+,27-,28-,29-,30-,31+,36+,37+,38+/m1/s1. The second-order valence-electron chi connectivity index (χ2n) is 14.6. The zero-order valence-corrected chi connectivity index (χ0v) is 28.6. The minimum Gasteiger partial charge on any atom is -0.459 e. The van der Waals surface area contributed by atoms with Crippen LogP contribution < -0.4 is 0 Å². The highest BCUT2D eigenvalue weighted by Crippen LogP contribution is 2.67. The van der Waals surface area contributed by atoms with Gasteiger partial charge in [-0.05, 0) is 43.5 Å². The van der Waals surface area contributed by atoms with Gasteiger partial charge in [-0.1, -0.05) is 63.2 Å². The average molecular weight is 677 g/mol. The summed E-state index contributed by atoms with van der Waals surface area (Å²) in [5.74, 6) is -5.91. The Morgan fingerprint density at radius 1 is 0.796 bits per heavy atom. The first-order valence-corrected chi connectivity index (χ1v) is 16.4. The molecule has 5 rings (SSSR count). The molecule has 3 aliphatic carbocycles. The molecular formula is C38H44O11. The van der Waals surface area contributed by atoms with Crippen molar-refractivity contribution in [1.29, 1.82) is 0 Å². The minimum absolute atomic E-state index is 0.126. The van der Waals surface area contributed by atoms with E-state index >= 15 is 0 Å². The third-order valence-electron chi connectivity index (χ3n) is 11.1. The molecule has 2 N–H and O–H groups in total. The Balaban J connectivity index is 1.77. The third-order valence-corrected chi connectivity index (χ3v) is 11.1. The van der Waals surface area contributed by atoms with Gasteiger partial charge in [0.1, 0.15) is 30.5 Å². The molecule has 0 spiro atoms. The summed E-state index contributed by atoms with van der Waals surface area (Å²) in [4.78, 5) is 67.1. The molecule has 0 amide bonds. The smallest absolute Gasteiger partial charge is 0.338 e. The van der Waals surface area contributed by atoms with E-state index in [1.165, 1.54) is 25.1 Å². The molecule has 0 unspecified atom stereocenters. The fraction of sp³-hybridized carbons (Fsp3) is 0.500. The van der Waals surface area contributed by atoms with Crippen LogP contribution in [0.5, 0.6) is 0 Å². The predicted molar refractivity (Wildman–Crippen MR) is 175 cm³/mol. The highest BCUT2D eigenvalue weighted by molar-refractivity contribution is 5.97. The van der Waals surface area contributed by atoms with Gasteiger partial charge >= 0.3 is 23.9 Å². The van der Waals surface area contributed by atoms with Gasteiger partial charge in [0.15, 0.2) is 11.4 Å².